The van der Waals surface area contributed by atoms with E-state index in [4.69, 9.17) is 10.00 Å². The molecule has 2 saturated heterocycles. The van der Waals surface area contributed by atoms with Crippen LogP contribution in [0.2, 0.25) is 0 Å². The summed E-state index contributed by atoms with van der Waals surface area (Å²) in [4.78, 5) is 28.4. The van der Waals surface area contributed by atoms with Gasteiger partial charge in [0.05, 0.1) is 37.0 Å². The molecule has 32 heavy (non-hydrogen) atoms. The number of nitriles is 1. The molecule has 172 valence electrons. The predicted molar refractivity (Wildman–Crippen MR) is 118 cm³/mol. The Morgan fingerprint density at radius 3 is 2.72 bits per heavy atom. The Balaban J connectivity index is 1.64. The van der Waals surface area contributed by atoms with Crippen LogP contribution < -0.4 is 9.80 Å². The second-order valence-electron chi connectivity index (χ2n) is 8.55. The molecular weight excluding hydrogens is 415 g/mol. The van der Waals surface area contributed by atoms with Crippen LogP contribution in [-0.4, -0.2) is 61.0 Å². The van der Waals surface area contributed by atoms with Gasteiger partial charge in [-0.3, -0.25) is 4.90 Å². The van der Waals surface area contributed by atoms with Crippen molar-refractivity contribution in [2.45, 2.75) is 39.2 Å². The number of nitrogens with zero attached hydrogens (tertiary/aromatic N) is 4. The van der Waals surface area contributed by atoms with Gasteiger partial charge in [-0.15, -0.1) is 0 Å². The van der Waals surface area contributed by atoms with E-state index in [1.807, 2.05) is 24.8 Å². The lowest BCUT2D eigenvalue weighted by Gasteiger charge is -2.31. The third-order valence-corrected chi connectivity index (χ3v) is 5.63. The van der Waals surface area contributed by atoms with Crippen molar-refractivity contribution in [3.63, 3.8) is 0 Å². The molecule has 2 heterocycles. The largest absolute Gasteiger partial charge is 0.465 e. The van der Waals surface area contributed by atoms with E-state index in [-0.39, 0.29) is 19.0 Å². The summed E-state index contributed by atoms with van der Waals surface area (Å²) in [6, 6.07) is 6.78. The number of ether oxygens (including phenoxy) is 1. The number of halogens is 1. The Kier molecular flexibility index (Phi) is 7.57. The molecule has 1 aromatic rings. The third-order valence-electron chi connectivity index (χ3n) is 5.63. The molecule has 9 heteroatoms. The molecule has 0 spiro atoms. The van der Waals surface area contributed by atoms with E-state index in [0.29, 0.717) is 37.4 Å². The molecule has 2 aliphatic rings. The number of hydrogen-bond donors (Lipinski definition) is 1. The topological polar surface area (TPSA) is 97.1 Å². The number of cyclic esters (lactones) is 1. The number of carbonyl (C=O) groups excluding carboxylic acids is 1. The van der Waals surface area contributed by atoms with Crippen LogP contribution in [0.1, 0.15) is 33.1 Å². The molecule has 1 aromatic carbocycles. The molecule has 0 aromatic heterocycles. The minimum absolute atomic E-state index is 0.0751. The molecule has 2 aliphatic heterocycles. The van der Waals surface area contributed by atoms with Crippen LogP contribution in [0.3, 0.4) is 0 Å². The summed E-state index contributed by atoms with van der Waals surface area (Å²) in [7, 11) is 0. The average Bonchev–Trinajstić information content (AvgIpc) is 3.12. The van der Waals surface area contributed by atoms with Crippen LogP contribution in [-0.2, 0) is 4.74 Å². The van der Waals surface area contributed by atoms with Gasteiger partial charge < -0.3 is 19.6 Å². The van der Waals surface area contributed by atoms with Gasteiger partial charge in [0, 0.05) is 19.6 Å². The lowest BCUT2D eigenvalue weighted by Crippen LogP contribution is -2.40. The molecule has 0 saturated carbocycles. The molecule has 0 bridgehead atoms. The number of amides is 2. The highest BCUT2D eigenvalue weighted by Crippen LogP contribution is 2.30. The second kappa shape index (κ2) is 10.4. The van der Waals surface area contributed by atoms with Gasteiger partial charge in [0.1, 0.15) is 11.9 Å². The fraction of sp³-hybridized carbons (Fsp3) is 0.522. The van der Waals surface area contributed by atoms with Crippen LogP contribution >= 0.6 is 0 Å². The van der Waals surface area contributed by atoms with E-state index >= 15 is 0 Å². The van der Waals surface area contributed by atoms with Crippen LogP contribution in [0.25, 0.3) is 0 Å². The van der Waals surface area contributed by atoms with Crippen LogP contribution in [0, 0.1) is 23.1 Å². The fourth-order valence-corrected chi connectivity index (χ4v) is 4.09. The van der Waals surface area contributed by atoms with Crippen LogP contribution in [0.4, 0.5) is 25.4 Å². The number of benzene rings is 1. The van der Waals surface area contributed by atoms with Gasteiger partial charge in [-0.25, -0.2) is 14.0 Å². The quantitative estimate of drug-likeness (QED) is 0.632. The second-order valence-corrected chi connectivity index (χ2v) is 8.55. The van der Waals surface area contributed by atoms with Crippen molar-refractivity contribution in [1.29, 1.82) is 5.26 Å². The lowest BCUT2D eigenvalue weighted by atomic mass is 10.0. The maximum atomic E-state index is 14.9. The van der Waals surface area contributed by atoms with Crippen molar-refractivity contribution in [3.8, 4) is 6.07 Å². The SMILES string of the molecule is CC(C)CN(CC1CN(c2ccc(N3CCC(=CCC#N)CC3)c(F)c2)C(=O)O1)C(=O)O. The molecule has 1 unspecified atom stereocenters. The van der Waals surface area contributed by atoms with E-state index in [0.717, 1.165) is 12.8 Å². The Hall–Kier alpha value is -3.28. The monoisotopic (exact) mass is 444 g/mol. The number of piperidine rings is 1. The van der Waals surface area contributed by atoms with Crippen LogP contribution in [0.5, 0.6) is 0 Å². The summed E-state index contributed by atoms with van der Waals surface area (Å²) in [6.45, 7) is 5.75. The fourth-order valence-electron chi connectivity index (χ4n) is 4.09. The zero-order valence-electron chi connectivity index (χ0n) is 18.5. The van der Waals surface area contributed by atoms with Crippen molar-refractivity contribution in [3.05, 3.63) is 35.7 Å². The average molecular weight is 445 g/mol. The highest BCUT2D eigenvalue weighted by molar-refractivity contribution is 5.90. The summed E-state index contributed by atoms with van der Waals surface area (Å²) < 4.78 is 20.2. The molecule has 1 N–H and O–H groups in total. The Morgan fingerprint density at radius 2 is 2.12 bits per heavy atom. The van der Waals surface area contributed by atoms with Gasteiger partial charge in [-0.2, -0.15) is 5.26 Å². The third kappa shape index (κ3) is 5.69. The van der Waals surface area contributed by atoms with E-state index in [1.54, 1.807) is 12.1 Å². The molecular formula is C23H29FN4O4. The normalized spacial score (nSPS) is 18.5. The van der Waals surface area contributed by atoms with Crippen molar-refractivity contribution in [1.82, 2.24) is 4.90 Å². The number of carbonyl (C=O) groups is 2. The first-order chi connectivity index (χ1) is 15.3. The van der Waals surface area contributed by atoms with Gasteiger partial charge in [-0.05, 0) is 37.0 Å². The van der Waals surface area contributed by atoms with Crippen molar-refractivity contribution >= 4 is 23.6 Å². The van der Waals surface area contributed by atoms with E-state index in [2.05, 4.69) is 6.07 Å². The van der Waals surface area contributed by atoms with Crippen molar-refractivity contribution in [2.75, 3.05) is 42.5 Å². The van der Waals surface area contributed by atoms with E-state index < -0.39 is 24.1 Å². The number of anilines is 2. The number of carboxylic acid groups (broad SMARTS) is 1. The summed E-state index contributed by atoms with van der Waals surface area (Å²) >= 11 is 0. The van der Waals surface area contributed by atoms with Gasteiger partial charge >= 0.3 is 12.2 Å². The standard InChI is InChI=1S/C23H29FN4O4/c1-16(2)13-27(22(29)30)14-19-15-28(23(31)32-19)18-5-6-21(20(24)12-18)26-10-7-17(8-11-26)4-3-9-25/h4-6,12,16,19H,3,7-8,10-11,13-15H2,1-2H3,(H,29,30). The van der Waals surface area contributed by atoms with Gasteiger partial charge in [-0.1, -0.05) is 25.5 Å². The smallest absolute Gasteiger partial charge is 0.414 e. The Bertz CT molecular complexity index is 917. The first-order valence-corrected chi connectivity index (χ1v) is 10.8. The Labute approximate surface area is 187 Å². The maximum Gasteiger partial charge on any atom is 0.414 e. The maximum absolute atomic E-state index is 14.9. The summed E-state index contributed by atoms with van der Waals surface area (Å²) in [5, 5.41) is 18.1. The highest BCUT2D eigenvalue weighted by Gasteiger charge is 2.35. The minimum atomic E-state index is -1.06. The molecule has 3 rings (SSSR count). The number of rotatable bonds is 7. The summed E-state index contributed by atoms with van der Waals surface area (Å²) in [5.74, 6) is -0.274. The first kappa shape index (κ1) is 23.4. The van der Waals surface area contributed by atoms with Crippen molar-refractivity contribution in [2.24, 2.45) is 5.92 Å². The molecule has 0 aliphatic carbocycles. The minimum Gasteiger partial charge on any atom is -0.465 e. The molecule has 2 fully saturated rings. The lowest BCUT2D eigenvalue weighted by molar-refractivity contribution is 0.0924. The number of allylic oxidation sites excluding steroid dienone is 1. The molecule has 0 radical (unpaired) electrons. The summed E-state index contributed by atoms with van der Waals surface area (Å²) in [6.07, 6.45) is 1.64. The zero-order valence-corrected chi connectivity index (χ0v) is 18.5. The van der Waals surface area contributed by atoms with Crippen molar-refractivity contribution < 1.29 is 23.8 Å². The molecule has 2 amide bonds. The van der Waals surface area contributed by atoms with E-state index in [1.165, 1.54) is 21.4 Å². The van der Waals surface area contributed by atoms with Gasteiger partial charge in [0.15, 0.2) is 0 Å². The summed E-state index contributed by atoms with van der Waals surface area (Å²) in [5.41, 5.74) is 2.08. The zero-order chi connectivity index (χ0) is 23.3. The van der Waals surface area contributed by atoms with E-state index in [9.17, 15) is 19.1 Å². The number of hydrogen-bond acceptors (Lipinski definition) is 5. The first-order valence-electron chi connectivity index (χ1n) is 10.8. The predicted octanol–water partition coefficient (Wildman–Crippen LogP) is 4.23. The van der Waals surface area contributed by atoms with Gasteiger partial charge in [0.2, 0.25) is 0 Å². The van der Waals surface area contributed by atoms with Crippen LogP contribution in [0.15, 0.2) is 29.8 Å². The highest BCUT2D eigenvalue weighted by atomic mass is 19.1. The van der Waals surface area contributed by atoms with Gasteiger partial charge in [0.25, 0.3) is 0 Å². The Morgan fingerprint density at radius 1 is 1.41 bits per heavy atom. The molecule has 8 nitrogen and oxygen atoms in total. The molecule has 1 atom stereocenters.